The average molecular weight is 244 g/mol. The van der Waals surface area contributed by atoms with Crippen LogP contribution in [0.25, 0.3) is 11.1 Å². The minimum absolute atomic E-state index is 0.237. The van der Waals surface area contributed by atoms with Gasteiger partial charge in [0.05, 0.1) is 5.56 Å². The van der Waals surface area contributed by atoms with E-state index in [-0.39, 0.29) is 8.81 Å². The molecule has 2 aromatic carbocycles. The quantitative estimate of drug-likeness (QED) is 0.784. The zero-order valence-corrected chi connectivity index (χ0v) is 9.81. The van der Waals surface area contributed by atoms with Gasteiger partial charge in [-0.3, -0.25) is 0 Å². The Labute approximate surface area is 99.9 Å². The molecule has 1 aliphatic rings. The summed E-state index contributed by atoms with van der Waals surface area (Å²) < 4.78 is 5.61. The molecule has 0 bridgehead atoms. The van der Waals surface area contributed by atoms with Gasteiger partial charge in [-0.2, -0.15) is 0 Å². The number of fused-ring (bicyclic) bond motifs is 3. The Morgan fingerprint density at radius 1 is 1.12 bits per heavy atom. The Morgan fingerprint density at radius 3 is 2.76 bits per heavy atom. The van der Waals surface area contributed by atoms with Gasteiger partial charge in [0.15, 0.2) is 0 Å². The number of carboxylic acids is 1. The third-order valence-corrected chi connectivity index (χ3v) is 3.70. The van der Waals surface area contributed by atoms with Crippen molar-refractivity contribution in [2.45, 2.75) is 0 Å². The molecule has 0 fully saturated rings. The van der Waals surface area contributed by atoms with Gasteiger partial charge >= 0.3 is 5.97 Å². The molecule has 2 aromatic rings. The van der Waals surface area contributed by atoms with Crippen molar-refractivity contribution in [2.75, 3.05) is 0 Å². The fourth-order valence-electron chi connectivity index (χ4n) is 1.97. The van der Waals surface area contributed by atoms with Crippen LogP contribution >= 0.6 is 8.81 Å². The lowest BCUT2D eigenvalue weighted by molar-refractivity contribution is 0.0697. The number of hydrogen-bond donors (Lipinski definition) is 1. The maximum absolute atomic E-state index is 11.2. The summed E-state index contributed by atoms with van der Waals surface area (Å²) in [7, 11) is 0.237. The van der Waals surface area contributed by atoms with E-state index >= 15 is 0 Å². The number of rotatable bonds is 1. The highest BCUT2D eigenvalue weighted by molar-refractivity contribution is 7.43. The lowest BCUT2D eigenvalue weighted by atomic mass is 9.98. The fraction of sp³-hybridized carbons (Fsp3) is 0. The Kier molecular flexibility index (Phi) is 2.34. The van der Waals surface area contributed by atoms with E-state index in [0.717, 1.165) is 10.9 Å². The number of carbonyl (C=O) groups is 1. The molecule has 84 valence electrons. The summed E-state index contributed by atoms with van der Waals surface area (Å²) in [6.07, 6.45) is 0. The zero-order chi connectivity index (χ0) is 11.8. The van der Waals surface area contributed by atoms with Gasteiger partial charge < -0.3 is 9.63 Å². The third kappa shape index (κ3) is 1.60. The molecule has 0 saturated carbocycles. The normalized spacial score (nSPS) is 13.6. The van der Waals surface area contributed by atoms with Crippen LogP contribution in [0.1, 0.15) is 10.4 Å². The molecule has 1 heterocycles. The minimum Gasteiger partial charge on any atom is -0.478 e. The Hall–Kier alpha value is -1.86. The number of hydrogen-bond acceptors (Lipinski definition) is 2. The largest absolute Gasteiger partial charge is 0.478 e. The van der Waals surface area contributed by atoms with E-state index in [4.69, 9.17) is 4.52 Å². The summed E-state index contributed by atoms with van der Waals surface area (Å²) in [5, 5.41) is 10.3. The molecule has 0 saturated heterocycles. The second-order valence-electron chi connectivity index (χ2n) is 3.73. The van der Waals surface area contributed by atoms with E-state index in [1.165, 1.54) is 0 Å². The third-order valence-electron chi connectivity index (χ3n) is 2.72. The van der Waals surface area contributed by atoms with E-state index < -0.39 is 5.97 Å². The summed E-state index contributed by atoms with van der Waals surface area (Å²) in [4.78, 5) is 11.2. The molecule has 4 heteroatoms. The molecule has 0 amide bonds. The fourth-order valence-corrected chi connectivity index (χ4v) is 2.84. The van der Waals surface area contributed by atoms with Crippen molar-refractivity contribution in [3.63, 3.8) is 0 Å². The van der Waals surface area contributed by atoms with Crippen molar-refractivity contribution in [3.8, 4) is 16.9 Å². The standard InChI is InChI=1S/C13H9O3P/c14-13(15)9-5-3-6-10-12(9)8-4-1-2-7-11(8)17-16-10/h1-7,17H,(H,14,15). The highest BCUT2D eigenvalue weighted by Gasteiger charge is 2.22. The van der Waals surface area contributed by atoms with E-state index in [1.54, 1.807) is 12.1 Å². The highest BCUT2D eigenvalue weighted by Crippen LogP contribution is 2.41. The smallest absolute Gasteiger partial charge is 0.336 e. The molecule has 0 radical (unpaired) electrons. The summed E-state index contributed by atoms with van der Waals surface area (Å²) in [6, 6.07) is 12.9. The van der Waals surface area contributed by atoms with Crippen LogP contribution in [0.4, 0.5) is 0 Å². The lowest BCUT2D eigenvalue weighted by Crippen LogP contribution is -2.11. The van der Waals surface area contributed by atoms with Crippen molar-refractivity contribution in [1.29, 1.82) is 0 Å². The van der Waals surface area contributed by atoms with Gasteiger partial charge in [0.2, 0.25) is 0 Å². The van der Waals surface area contributed by atoms with Crippen LogP contribution in [0.3, 0.4) is 0 Å². The van der Waals surface area contributed by atoms with Gasteiger partial charge in [0.1, 0.15) is 14.6 Å². The summed E-state index contributed by atoms with van der Waals surface area (Å²) in [6.45, 7) is 0. The van der Waals surface area contributed by atoms with Crippen LogP contribution in [0.5, 0.6) is 5.75 Å². The zero-order valence-electron chi connectivity index (χ0n) is 8.81. The SMILES string of the molecule is O=C(O)c1cccc2c1-c1ccccc1PO2. The lowest BCUT2D eigenvalue weighted by Gasteiger charge is -2.21. The van der Waals surface area contributed by atoms with Crippen LogP contribution in [0.2, 0.25) is 0 Å². The number of benzene rings is 2. The predicted octanol–water partition coefficient (Wildman–Crippen LogP) is 2.66. The Morgan fingerprint density at radius 2 is 1.94 bits per heavy atom. The first-order valence-electron chi connectivity index (χ1n) is 5.16. The van der Waals surface area contributed by atoms with Gasteiger partial charge in [0, 0.05) is 10.9 Å². The summed E-state index contributed by atoms with van der Waals surface area (Å²) in [5.74, 6) is -0.271. The maximum Gasteiger partial charge on any atom is 0.336 e. The topological polar surface area (TPSA) is 46.5 Å². The van der Waals surface area contributed by atoms with Crippen molar-refractivity contribution in [2.24, 2.45) is 0 Å². The monoisotopic (exact) mass is 244 g/mol. The van der Waals surface area contributed by atoms with Crippen LogP contribution < -0.4 is 9.83 Å². The molecular formula is C13H9O3P. The first-order valence-corrected chi connectivity index (χ1v) is 6.07. The molecule has 1 unspecified atom stereocenters. The number of aromatic carboxylic acids is 1. The van der Waals surface area contributed by atoms with Gasteiger partial charge in [-0.15, -0.1) is 0 Å². The summed E-state index contributed by atoms with van der Waals surface area (Å²) >= 11 is 0. The van der Waals surface area contributed by atoms with Crippen LogP contribution in [0, 0.1) is 0 Å². The van der Waals surface area contributed by atoms with Crippen molar-refractivity contribution in [1.82, 2.24) is 0 Å². The van der Waals surface area contributed by atoms with Gasteiger partial charge in [-0.05, 0) is 17.7 Å². The summed E-state index contributed by atoms with van der Waals surface area (Å²) in [5.41, 5.74) is 1.94. The Bertz CT molecular complexity index is 607. The maximum atomic E-state index is 11.2. The van der Waals surface area contributed by atoms with Crippen LogP contribution in [-0.2, 0) is 0 Å². The molecule has 0 spiro atoms. The van der Waals surface area contributed by atoms with E-state index in [1.807, 2.05) is 30.3 Å². The molecule has 0 aromatic heterocycles. The molecule has 0 aliphatic carbocycles. The minimum atomic E-state index is -0.925. The van der Waals surface area contributed by atoms with E-state index in [0.29, 0.717) is 16.9 Å². The van der Waals surface area contributed by atoms with Gasteiger partial charge in [-0.1, -0.05) is 30.3 Å². The second kappa shape index (κ2) is 3.86. The highest BCUT2D eigenvalue weighted by atomic mass is 31.1. The van der Waals surface area contributed by atoms with Gasteiger partial charge in [-0.25, -0.2) is 4.79 Å². The van der Waals surface area contributed by atoms with Gasteiger partial charge in [0.25, 0.3) is 0 Å². The first-order chi connectivity index (χ1) is 8.27. The van der Waals surface area contributed by atoms with Crippen molar-refractivity contribution >= 4 is 20.1 Å². The van der Waals surface area contributed by atoms with E-state index in [2.05, 4.69) is 0 Å². The van der Waals surface area contributed by atoms with Crippen LogP contribution in [-0.4, -0.2) is 11.1 Å². The first kappa shape index (κ1) is 10.3. The average Bonchev–Trinajstić information content (AvgIpc) is 2.37. The molecule has 1 atom stereocenters. The second-order valence-corrected chi connectivity index (χ2v) is 4.68. The molecule has 3 rings (SSSR count). The number of carboxylic acid groups (broad SMARTS) is 1. The molecule has 1 N–H and O–H groups in total. The molecule has 1 aliphatic heterocycles. The molecule has 3 nitrogen and oxygen atoms in total. The Balaban J connectivity index is 2.33. The van der Waals surface area contributed by atoms with Crippen molar-refractivity contribution < 1.29 is 14.4 Å². The van der Waals surface area contributed by atoms with E-state index in [9.17, 15) is 9.90 Å². The van der Waals surface area contributed by atoms with Crippen molar-refractivity contribution in [3.05, 3.63) is 48.0 Å². The predicted molar refractivity (Wildman–Crippen MR) is 67.4 cm³/mol. The molecular weight excluding hydrogens is 235 g/mol. The molecule has 17 heavy (non-hydrogen) atoms. The van der Waals surface area contributed by atoms with Crippen LogP contribution in [0.15, 0.2) is 42.5 Å².